The summed E-state index contributed by atoms with van der Waals surface area (Å²) in [6.07, 6.45) is 0.295. The lowest BCUT2D eigenvalue weighted by atomic mass is 9.89. The van der Waals surface area contributed by atoms with Gasteiger partial charge in [-0.15, -0.1) is 0 Å². The highest BCUT2D eigenvalue weighted by Gasteiger charge is 2.42. The van der Waals surface area contributed by atoms with Crippen LogP contribution in [0.25, 0.3) is 0 Å². The second-order valence-electron chi connectivity index (χ2n) is 7.79. The Hall–Kier alpha value is -2.80. The molecule has 1 fully saturated rings. The Morgan fingerprint density at radius 2 is 1.83 bits per heavy atom. The van der Waals surface area contributed by atoms with Crippen LogP contribution < -0.4 is 5.32 Å². The first kappa shape index (κ1) is 20.5. The number of esters is 1. The van der Waals surface area contributed by atoms with Gasteiger partial charge in [0.15, 0.2) is 5.60 Å². The van der Waals surface area contributed by atoms with E-state index in [0.717, 1.165) is 30.2 Å². The maximum atomic E-state index is 13.1. The van der Waals surface area contributed by atoms with Crippen LogP contribution in [-0.4, -0.2) is 52.9 Å². The molecule has 1 unspecified atom stereocenters. The molecule has 2 aliphatic rings. The van der Waals surface area contributed by atoms with Gasteiger partial charge in [-0.3, -0.25) is 9.59 Å². The average molecular weight is 425 g/mol. The van der Waals surface area contributed by atoms with E-state index in [0.29, 0.717) is 28.8 Å². The number of anilines is 1. The first-order valence-electron chi connectivity index (χ1n) is 9.98. The van der Waals surface area contributed by atoms with Crippen LogP contribution in [0, 0.1) is 6.92 Å². The molecule has 156 valence electrons. The van der Waals surface area contributed by atoms with Crippen molar-refractivity contribution < 1.29 is 19.1 Å². The Morgan fingerprint density at radius 1 is 1.10 bits per heavy atom. The standard InChI is InChI=1S/C23H24N2O4S/c1-15-17(20(26)25-10-12-30-13-11-25)8-5-9-19(15)24-22(28)23(2)14-16-6-3-4-7-18(16)21(27)29-23/h3-9H,10-14H2,1-2H3,(H,24,28). The monoisotopic (exact) mass is 424 g/mol. The Balaban J connectivity index is 1.55. The number of cyclic esters (lactones) is 1. The topological polar surface area (TPSA) is 75.7 Å². The van der Waals surface area contributed by atoms with Gasteiger partial charge in [-0.2, -0.15) is 11.8 Å². The largest absolute Gasteiger partial charge is 0.445 e. The van der Waals surface area contributed by atoms with Crippen LogP contribution in [0.5, 0.6) is 0 Å². The van der Waals surface area contributed by atoms with Gasteiger partial charge in [0.1, 0.15) is 0 Å². The second kappa shape index (κ2) is 8.14. The van der Waals surface area contributed by atoms with Crippen LogP contribution in [0.4, 0.5) is 5.69 Å². The van der Waals surface area contributed by atoms with E-state index < -0.39 is 17.5 Å². The van der Waals surface area contributed by atoms with Crippen molar-refractivity contribution in [3.05, 3.63) is 64.7 Å². The van der Waals surface area contributed by atoms with Gasteiger partial charge in [-0.25, -0.2) is 4.79 Å². The highest BCUT2D eigenvalue weighted by Crippen LogP contribution is 2.30. The Kier molecular flexibility index (Phi) is 5.56. The van der Waals surface area contributed by atoms with Gasteiger partial charge in [0.2, 0.25) is 0 Å². The van der Waals surface area contributed by atoms with E-state index in [9.17, 15) is 14.4 Å². The smallest absolute Gasteiger partial charge is 0.339 e. The molecule has 2 aromatic rings. The molecule has 1 N–H and O–H groups in total. The number of thioether (sulfide) groups is 1. The Labute approximate surface area is 180 Å². The maximum Gasteiger partial charge on any atom is 0.339 e. The minimum atomic E-state index is -1.32. The van der Waals surface area contributed by atoms with Gasteiger partial charge < -0.3 is 15.0 Å². The predicted octanol–water partition coefficient (Wildman–Crippen LogP) is 3.29. The lowest BCUT2D eigenvalue weighted by molar-refractivity contribution is -0.134. The molecule has 2 aromatic carbocycles. The molecule has 4 rings (SSSR count). The summed E-state index contributed by atoms with van der Waals surface area (Å²) in [5, 5.41) is 2.88. The highest BCUT2D eigenvalue weighted by molar-refractivity contribution is 7.99. The van der Waals surface area contributed by atoms with Crippen molar-refractivity contribution in [1.29, 1.82) is 0 Å². The average Bonchev–Trinajstić information content (AvgIpc) is 2.75. The molecular weight excluding hydrogens is 400 g/mol. The van der Waals surface area contributed by atoms with Gasteiger partial charge >= 0.3 is 5.97 Å². The number of nitrogens with zero attached hydrogens (tertiary/aromatic N) is 1. The van der Waals surface area contributed by atoms with Gasteiger partial charge in [-0.1, -0.05) is 24.3 Å². The molecule has 0 spiro atoms. The molecule has 0 saturated carbocycles. The summed E-state index contributed by atoms with van der Waals surface area (Å²) in [6, 6.07) is 12.5. The van der Waals surface area contributed by atoms with Crippen molar-refractivity contribution in [1.82, 2.24) is 4.90 Å². The molecule has 2 heterocycles. The number of carbonyl (C=O) groups is 3. The first-order valence-corrected chi connectivity index (χ1v) is 11.1. The van der Waals surface area contributed by atoms with E-state index >= 15 is 0 Å². The van der Waals surface area contributed by atoms with Crippen molar-refractivity contribution >= 4 is 35.2 Å². The number of carbonyl (C=O) groups excluding carboxylic acids is 3. The van der Waals surface area contributed by atoms with Gasteiger partial charge in [0.05, 0.1) is 5.56 Å². The lowest BCUT2D eigenvalue weighted by Gasteiger charge is -2.33. The molecule has 2 amide bonds. The van der Waals surface area contributed by atoms with Crippen LogP contribution >= 0.6 is 11.8 Å². The molecule has 1 saturated heterocycles. The van der Waals surface area contributed by atoms with Crippen molar-refractivity contribution in [2.75, 3.05) is 29.9 Å². The normalized spacial score (nSPS) is 20.9. The maximum absolute atomic E-state index is 13.1. The summed E-state index contributed by atoms with van der Waals surface area (Å²) in [5.74, 6) is 0.942. The molecule has 0 bridgehead atoms. The number of hydrogen-bond acceptors (Lipinski definition) is 5. The van der Waals surface area contributed by atoms with E-state index in [1.165, 1.54) is 0 Å². The van der Waals surface area contributed by atoms with Crippen molar-refractivity contribution in [2.24, 2.45) is 0 Å². The summed E-state index contributed by atoms with van der Waals surface area (Å²) in [4.78, 5) is 40.3. The van der Waals surface area contributed by atoms with E-state index in [2.05, 4.69) is 5.32 Å². The number of nitrogens with one attached hydrogen (secondary N) is 1. The van der Waals surface area contributed by atoms with E-state index in [1.807, 2.05) is 35.7 Å². The highest BCUT2D eigenvalue weighted by atomic mass is 32.2. The summed E-state index contributed by atoms with van der Waals surface area (Å²) in [5.41, 5.74) is 1.80. The van der Waals surface area contributed by atoms with Crippen LogP contribution in [0.3, 0.4) is 0 Å². The summed E-state index contributed by atoms with van der Waals surface area (Å²) >= 11 is 1.85. The van der Waals surface area contributed by atoms with E-state index in [4.69, 9.17) is 4.74 Å². The fourth-order valence-corrected chi connectivity index (χ4v) is 4.76. The third-order valence-corrected chi connectivity index (χ3v) is 6.62. The summed E-state index contributed by atoms with van der Waals surface area (Å²) in [7, 11) is 0. The van der Waals surface area contributed by atoms with E-state index in [-0.39, 0.29) is 5.91 Å². The molecule has 0 aliphatic carbocycles. The second-order valence-corrected chi connectivity index (χ2v) is 9.02. The third-order valence-electron chi connectivity index (χ3n) is 5.67. The zero-order chi connectivity index (χ0) is 21.3. The number of ether oxygens (including phenoxy) is 1. The number of benzene rings is 2. The van der Waals surface area contributed by atoms with Crippen molar-refractivity contribution in [3.8, 4) is 0 Å². The first-order chi connectivity index (χ1) is 14.4. The van der Waals surface area contributed by atoms with Gasteiger partial charge in [0.25, 0.3) is 11.8 Å². The molecule has 7 heteroatoms. The molecule has 0 aromatic heterocycles. The Morgan fingerprint density at radius 3 is 2.60 bits per heavy atom. The predicted molar refractivity (Wildman–Crippen MR) is 117 cm³/mol. The quantitative estimate of drug-likeness (QED) is 0.766. The molecule has 2 aliphatic heterocycles. The summed E-state index contributed by atoms with van der Waals surface area (Å²) in [6.45, 7) is 4.90. The van der Waals surface area contributed by atoms with Crippen LogP contribution in [0.1, 0.15) is 38.8 Å². The zero-order valence-corrected chi connectivity index (χ0v) is 17.9. The zero-order valence-electron chi connectivity index (χ0n) is 17.1. The van der Waals surface area contributed by atoms with Crippen molar-refractivity contribution in [3.63, 3.8) is 0 Å². The van der Waals surface area contributed by atoms with Crippen LogP contribution in [-0.2, 0) is 16.0 Å². The molecule has 30 heavy (non-hydrogen) atoms. The SMILES string of the molecule is Cc1c(NC(=O)C2(C)Cc3ccccc3C(=O)O2)cccc1C(=O)N1CCSCC1. The van der Waals surface area contributed by atoms with Gasteiger partial charge in [0, 0.05) is 42.3 Å². The third kappa shape index (κ3) is 3.81. The van der Waals surface area contributed by atoms with Crippen molar-refractivity contribution in [2.45, 2.75) is 25.9 Å². The van der Waals surface area contributed by atoms with Crippen LogP contribution in [0.15, 0.2) is 42.5 Å². The minimum absolute atomic E-state index is 0.0202. The minimum Gasteiger partial charge on any atom is -0.445 e. The number of rotatable bonds is 3. The number of fused-ring (bicyclic) bond motifs is 1. The molecule has 6 nitrogen and oxygen atoms in total. The molecule has 0 radical (unpaired) electrons. The van der Waals surface area contributed by atoms with E-state index in [1.54, 1.807) is 37.3 Å². The fraction of sp³-hybridized carbons (Fsp3) is 0.348. The fourth-order valence-electron chi connectivity index (χ4n) is 3.85. The molecular formula is C23H24N2O4S. The van der Waals surface area contributed by atoms with Crippen LogP contribution in [0.2, 0.25) is 0 Å². The molecule has 1 atom stereocenters. The Bertz CT molecular complexity index is 1020. The number of amides is 2. The number of hydrogen-bond donors (Lipinski definition) is 1. The lowest BCUT2D eigenvalue weighted by Crippen LogP contribution is -2.49. The van der Waals surface area contributed by atoms with Gasteiger partial charge in [-0.05, 0) is 43.2 Å². The summed E-state index contributed by atoms with van der Waals surface area (Å²) < 4.78 is 5.52.